The maximum Gasteiger partial charge on any atom is 0.123 e. The van der Waals surface area contributed by atoms with Crippen molar-refractivity contribution < 1.29 is 14.6 Å². The van der Waals surface area contributed by atoms with Gasteiger partial charge in [-0.25, -0.2) is 0 Å². The zero-order valence-electron chi connectivity index (χ0n) is 15.6. The predicted octanol–water partition coefficient (Wildman–Crippen LogP) is 3.00. The van der Waals surface area contributed by atoms with Crippen LogP contribution in [0.5, 0.6) is 11.5 Å². The Labute approximate surface area is 169 Å². The Hall–Kier alpha value is -0.980. The highest BCUT2D eigenvalue weighted by Gasteiger charge is 2.15. The minimum atomic E-state index is -0.492. The van der Waals surface area contributed by atoms with Crippen molar-refractivity contribution in [1.82, 2.24) is 10.2 Å². The number of hydrogen-bond acceptors (Lipinski definition) is 5. The van der Waals surface area contributed by atoms with Crippen molar-refractivity contribution in [1.29, 1.82) is 0 Å². The van der Waals surface area contributed by atoms with Gasteiger partial charge in [0.15, 0.2) is 0 Å². The zero-order valence-corrected chi connectivity index (χ0v) is 17.3. The second kappa shape index (κ2) is 14.1. The highest BCUT2D eigenvalue weighted by atomic mass is 35.5. The quantitative estimate of drug-likeness (QED) is 0.659. The summed E-state index contributed by atoms with van der Waals surface area (Å²) in [5, 5.41) is 13.5. The number of piperazine rings is 1. The molecule has 0 spiro atoms. The molecule has 1 heterocycles. The Bertz CT molecular complexity index is 524. The lowest BCUT2D eigenvalue weighted by molar-refractivity contribution is 0.0640. The molecule has 0 saturated carbocycles. The van der Waals surface area contributed by atoms with Crippen molar-refractivity contribution in [2.24, 2.45) is 0 Å². The third-order valence-electron chi connectivity index (χ3n) is 4.02. The van der Waals surface area contributed by atoms with Gasteiger partial charge in [-0.1, -0.05) is 25.5 Å². The van der Waals surface area contributed by atoms with E-state index in [2.05, 4.69) is 29.3 Å². The second-order valence-corrected chi connectivity index (χ2v) is 6.15. The first kappa shape index (κ1) is 25.0. The molecule has 1 saturated heterocycles. The summed E-state index contributed by atoms with van der Waals surface area (Å²) in [6.45, 7) is 7.01. The van der Waals surface area contributed by atoms with E-state index in [1.165, 1.54) is 0 Å². The number of ether oxygens (including phenoxy) is 2. The van der Waals surface area contributed by atoms with Crippen molar-refractivity contribution in [3.8, 4) is 11.5 Å². The molecule has 1 aliphatic rings. The van der Waals surface area contributed by atoms with Crippen molar-refractivity contribution in [2.45, 2.75) is 25.9 Å². The van der Waals surface area contributed by atoms with Gasteiger partial charge in [0.1, 0.15) is 24.2 Å². The van der Waals surface area contributed by atoms with E-state index < -0.39 is 6.10 Å². The highest BCUT2D eigenvalue weighted by Crippen LogP contribution is 2.24. The van der Waals surface area contributed by atoms with Crippen LogP contribution < -0.4 is 14.8 Å². The van der Waals surface area contributed by atoms with E-state index in [1.54, 1.807) is 7.11 Å². The van der Waals surface area contributed by atoms with Gasteiger partial charge < -0.3 is 19.9 Å². The molecular weight excluding hydrogens is 375 g/mol. The van der Waals surface area contributed by atoms with Gasteiger partial charge in [0, 0.05) is 38.8 Å². The van der Waals surface area contributed by atoms with E-state index in [-0.39, 0.29) is 31.4 Å². The number of aliphatic hydroxyl groups excluding tert-OH is 1. The normalized spacial score (nSPS) is 15.8. The Morgan fingerprint density at radius 2 is 1.88 bits per heavy atom. The van der Waals surface area contributed by atoms with E-state index in [0.29, 0.717) is 6.54 Å². The number of benzene rings is 1. The molecule has 1 atom stereocenters. The fourth-order valence-electron chi connectivity index (χ4n) is 2.71. The van der Waals surface area contributed by atoms with Crippen LogP contribution in [0.25, 0.3) is 6.08 Å². The number of β-amino-alcohol motifs (C(OH)–C–C–N with tert-alkyl or cyclic N) is 1. The lowest BCUT2D eigenvalue weighted by atomic mass is 10.1. The first-order chi connectivity index (χ1) is 11.7. The molecule has 0 bridgehead atoms. The van der Waals surface area contributed by atoms with E-state index in [1.807, 2.05) is 18.2 Å². The fourth-order valence-corrected chi connectivity index (χ4v) is 2.71. The molecule has 1 aromatic carbocycles. The number of nitrogens with one attached hydrogen (secondary N) is 1. The van der Waals surface area contributed by atoms with Crippen LogP contribution >= 0.6 is 24.8 Å². The van der Waals surface area contributed by atoms with Gasteiger partial charge in [0.2, 0.25) is 0 Å². The van der Waals surface area contributed by atoms with Crippen molar-refractivity contribution >= 4 is 30.9 Å². The second-order valence-electron chi connectivity index (χ2n) is 6.15. The third kappa shape index (κ3) is 9.10. The smallest absolute Gasteiger partial charge is 0.123 e. The lowest BCUT2D eigenvalue weighted by Crippen LogP contribution is -2.47. The average molecular weight is 407 g/mol. The summed E-state index contributed by atoms with van der Waals surface area (Å²) < 4.78 is 11.1. The first-order valence-electron chi connectivity index (χ1n) is 8.81. The average Bonchev–Trinajstić information content (AvgIpc) is 2.61. The topological polar surface area (TPSA) is 54.0 Å². The van der Waals surface area contributed by atoms with Crippen LogP contribution in [0.15, 0.2) is 24.3 Å². The summed E-state index contributed by atoms with van der Waals surface area (Å²) in [4.78, 5) is 2.26. The molecule has 0 aromatic heterocycles. The van der Waals surface area contributed by atoms with Crippen LogP contribution in [0.3, 0.4) is 0 Å². The molecule has 2 rings (SSSR count). The van der Waals surface area contributed by atoms with Crippen molar-refractivity contribution in [2.75, 3.05) is 46.4 Å². The van der Waals surface area contributed by atoms with Crippen molar-refractivity contribution in [3.63, 3.8) is 0 Å². The van der Waals surface area contributed by atoms with Crippen molar-refractivity contribution in [3.05, 3.63) is 29.8 Å². The van der Waals surface area contributed by atoms with E-state index in [9.17, 15) is 5.11 Å². The summed E-state index contributed by atoms with van der Waals surface area (Å²) in [6.07, 6.45) is 5.92. The fraction of sp³-hybridized carbons (Fsp3) is 0.579. The summed E-state index contributed by atoms with van der Waals surface area (Å²) >= 11 is 0. The summed E-state index contributed by atoms with van der Waals surface area (Å²) in [5.41, 5.74) is 1.05. The maximum absolute atomic E-state index is 10.2. The molecule has 1 aromatic rings. The van der Waals surface area contributed by atoms with Gasteiger partial charge >= 0.3 is 0 Å². The summed E-state index contributed by atoms with van der Waals surface area (Å²) in [7, 11) is 1.65. The molecule has 1 fully saturated rings. The van der Waals surface area contributed by atoms with Crippen LogP contribution in [0.1, 0.15) is 25.3 Å². The van der Waals surface area contributed by atoms with Gasteiger partial charge in [-0.05, 0) is 24.1 Å². The summed E-state index contributed by atoms with van der Waals surface area (Å²) in [5.74, 6) is 1.49. The molecule has 2 N–H and O–H groups in total. The lowest BCUT2D eigenvalue weighted by Gasteiger charge is -2.29. The molecule has 0 radical (unpaired) electrons. The first-order valence-corrected chi connectivity index (χ1v) is 8.81. The maximum atomic E-state index is 10.2. The van der Waals surface area contributed by atoms with E-state index in [0.717, 1.165) is 56.1 Å². The molecule has 0 aliphatic carbocycles. The Morgan fingerprint density at radius 1 is 1.19 bits per heavy atom. The number of halogens is 2. The molecule has 26 heavy (non-hydrogen) atoms. The Kier molecular flexibility index (Phi) is 13.6. The summed E-state index contributed by atoms with van der Waals surface area (Å²) in [6, 6.07) is 5.82. The number of methoxy groups -OCH3 is 1. The van der Waals surface area contributed by atoms with Crippen LogP contribution in [-0.2, 0) is 0 Å². The van der Waals surface area contributed by atoms with Gasteiger partial charge in [-0.2, -0.15) is 0 Å². The minimum absolute atomic E-state index is 0. The van der Waals surface area contributed by atoms with Gasteiger partial charge in [0.05, 0.1) is 7.11 Å². The molecule has 150 valence electrons. The van der Waals surface area contributed by atoms with E-state index >= 15 is 0 Å². The highest BCUT2D eigenvalue weighted by molar-refractivity contribution is 5.85. The predicted molar refractivity (Wildman–Crippen MR) is 112 cm³/mol. The number of nitrogens with zero attached hydrogens (tertiary/aromatic N) is 1. The zero-order chi connectivity index (χ0) is 17.2. The molecule has 1 aliphatic heterocycles. The molecule has 1 unspecified atom stereocenters. The molecule has 0 amide bonds. The molecular formula is C19H32Cl2N2O3. The van der Waals surface area contributed by atoms with Crippen LogP contribution in [0.4, 0.5) is 0 Å². The van der Waals surface area contributed by atoms with Gasteiger partial charge in [-0.15, -0.1) is 24.8 Å². The monoisotopic (exact) mass is 406 g/mol. The van der Waals surface area contributed by atoms with Crippen LogP contribution in [0, 0.1) is 0 Å². The SMILES string of the molecule is CCC/C=C/c1cc(OC)cc(OCC(O)CN2CCNCC2)c1.Cl.Cl. The largest absolute Gasteiger partial charge is 0.497 e. The molecule has 7 heteroatoms. The Balaban J connectivity index is 0.00000312. The Morgan fingerprint density at radius 3 is 2.54 bits per heavy atom. The van der Waals surface area contributed by atoms with Gasteiger partial charge in [-0.3, -0.25) is 4.90 Å². The van der Waals surface area contributed by atoms with Crippen LogP contribution in [-0.4, -0.2) is 62.6 Å². The number of unbranched alkanes of at least 4 members (excludes halogenated alkanes) is 1. The van der Waals surface area contributed by atoms with E-state index in [4.69, 9.17) is 9.47 Å². The number of allylic oxidation sites excluding steroid dienone is 1. The number of hydrogen-bond donors (Lipinski definition) is 2. The standard InChI is InChI=1S/C19H30N2O3.2ClH/c1-3-4-5-6-16-11-18(23-2)13-19(12-16)24-15-17(22)14-21-9-7-20-8-10-21;;/h5-6,11-13,17,20,22H,3-4,7-10,14-15H2,1-2H3;2*1H/b6-5+;;. The third-order valence-corrected chi connectivity index (χ3v) is 4.02. The van der Waals surface area contributed by atoms with Gasteiger partial charge in [0.25, 0.3) is 0 Å². The molecule has 5 nitrogen and oxygen atoms in total. The number of rotatable bonds is 9. The van der Waals surface area contributed by atoms with Crippen LogP contribution in [0.2, 0.25) is 0 Å². The minimum Gasteiger partial charge on any atom is -0.497 e. The number of aliphatic hydroxyl groups is 1.